The van der Waals surface area contributed by atoms with Crippen LogP contribution in [0.2, 0.25) is 0 Å². The summed E-state index contributed by atoms with van der Waals surface area (Å²) >= 11 is 0. The Hall–Kier alpha value is -1.34. The van der Waals surface area contributed by atoms with Crippen LogP contribution in [0.25, 0.3) is 0 Å². The summed E-state index contributed by atoms with van der Waals surface area (Å²) in [6.07, 6.45) is 4.44. The Morgan fingerprint density at radius 1 is 1.75 bits per heavy atom. The van der Waals surface area contributed by atoms with Crippen LogP contribution in [0, 0.1) is 11.3 Å². The quantitative estimate of drug-likeness (QED) is 0.654. The van der Waals surface area contributed by atoms with Crippen LogP contribution >= 0.6 is 0 Å². The molecule has 1 saturated carbocycles. The molecule has 0 spiro atoms. The lowest BCUT2D eigenvalue weighted by atomic mass is 10.2. The summed E-state index contributed by atoms with van der Waals surface area (Å²) in [7, 11) is 0. The Balaban J connectivity index is 2.45. The van der Waals surface area contributed by atoms with Gasteiger partial charge in [0.1, 0.15) is 0 Å². The monoisotopic (exact) mass is 221 g/mol. The van der Waals surface area contributed by atoms with E-state index in [0.29, 0.717) is 25.6 Å². The van der Waals surface area contributed by atoms with E-state index in [0.717, 1.165) is 12.8 Å². The fourth-order valence-electron chi connectivity index (χ4n) is 1.75. The van der Waals surface area contributed by atoms with Crippen molar-refractivity contribution in [2.24, 2.45) is 0 Å². The zero-order valence-electron chi connectivity index (χ0n) is 9.78. The molecule has 16 heavy (non-hydrogen) atoms. The van der Waals surface area contributed by atoms with E-state index in [2.05, 4.69) is 22.9 Å². The third-order valence-electron chi connectivity index (χ3n) is 2.80. The van der Waals surface area contributed by atoms with Crippen molar-refractivity contribution in [1.29, 1.82) is 5.26 Å². The summed E-state index contributed by atoms with van der Waals surface area (Å²) < 4.78 is 0. The van der Waals surface area contributed by atoms with Gasteiger partial charge < -0.3 is 5.32 Å². The van der Waals surface area contributed by atoms with Crippen LogP contribution in [0.5, 0.6) is 0 Å². The zero-order chi connectivity index (χ0) is 12.0. The molecule has 0 heterocycles. The number of nitrogens with one attached hydrogen (secondary N) is 1. The van der Waals surface area contributed by atoms with E-state index in [1.54, 1.807) is 6.08 Å². The van der Waals surface area contributed by atoms with Crippen molar-refractivity contribution < 1.29 is 4.79 Å². The van der Waals surface area contributed by atoms with E-state index in [-0.39, 0.29) is 11.9 Å². The smallest absolute Gasteiger partial charge is 0.237 e. The van der Waals surface area contributed by atoms with Crippen LogP contribution in [0.1, 0.15) is 26.2 Å². The molecule has 0 aliphatic heterocycles. The topological polar surface area (TPSA) is 56.1 Å². The summed E-state index contributed by atoms with van der Waals surface area (Å²) in [6.45, 7) is 6.64. The Labute approximate surface area is 96.9 Å². The van der Waals surface area contributed by atoms with Crippen molar-refractivity contribution >= 4 is 5.91 Å². The molecule has 0 aromatic rings. The molecule has 1 amide bonds. The Morgan fingerprint density at radius 3 is 2.94 bits per heavy atom. The highest BCUT2D eigenvalue weighted by molar-refractivity contribution is 5.81. The molecule has 1 atom stereocenters. The first-order valence-electron chi connectivity index (χ1n) is 5.72. The molecule has 0 aromatic heterocycles. The second kappa shape index (κ2) is 6.29. The lowest BCUT2D eigenvalue weighted by Gasteiger charge is -2.27. The maximum Gasteiger partial charge on any atom is 0.237 e. The van der Waals surface area contributed by atoms with Crippen molar-refractivity contribution in [2.45, 2.75) is 38.3 Å². The molecule has 0 aromatic carbocycles. The number of hydrogen-bond acceptors (Lipinski definition) is 3. The second-order valence-corrected chi connectivity index (χ2v) is 4.09. The van der Waals surface area contributed by atoms with Gasteiger partial charge in [0.05, 0.1) is 12.1 Å². The molecule has 0 bridgehead atoms. The number of hydrogen-bond donors (Lipinski definition) is 1. The summed E-state index contributed by atoms with van der Waals surface area (Å²) in [4.78, 5) is 13.9. The number of nitriles is 1. The lowest BCUT2D eigenvalue weighted by molar-refractivity contribution is -0.125. The molecule has 0 radical (unpaired) electrons. The minimum absolute atomic E-state index is 0.0183. The number of rotatable bonds is 7. The number of amides is 1. The molecule has 1 aliphatic rings. The van der Waals surface area contributed by atoms with E-state index < -0.39 is 0 Å². The van der Waals surface area contributed by atoms with E-state index in [4.69, 9.17) is 5.26 Å². The standard InChI is InChI=1S/C12H19N3O/c1-3-8-14-12(16)10(2)15(9-4-7-13)11-5-6-11/h3,10-11H,1,4-6,8-9H2,2H3,(H,14,16). The average molecular weight is 221 g/mol. The molecule has 4 heteroatoms. The molecule has 88 valence electrons. The van der Waals surface area contributed by atoms with Crippen LogP contribution in [0.15, 0.2) is 12.7 Å². The maximum absolute atomic E-state index is 11.8. The molecule has 1 aliphatic carbocycles. The van der Waals surface area contributed by atoms with Crippen LogP contribution < -0.4 is 5.32 Å². The van der Waals surface area contributed by atoms with Gasteiger partial charge in [-0.15, -0.1) is 6.58 Å². The van der Waals surface area contributed by atoms with Crippen molar-refractivity contribution in [3.63, 3.8) is 0 Å². The SMILES string of the molecule is C=CCNC(=O)C(C)N(CCC#N)C1CC1. The van der Waals surface area contributed by atoms with Gasteiger partial charge in [0.25, 0.3) is 0 Å². The molecule has 1 unspecified atom stereocenters. The summed E-state index contributed by atoms with van der Waals surface area (Å²) in [5, 5.41) is 11.4. The molecule has 1 N–H and O–H groups in total. The summed E-state index contributed by atoms with van der Waals surface area (Å²) in [6, 6.07) is 2.47. The number of carbonyl (C=O) groups excluding carboxylic acids is 1. The van der Waals surface area contributed by atoms with Crippen LogP contribution in [-0.2, 0) is 4.79 Å². The predicted octanol–water partition coefficient (Wildman–Crippen LogP) is 1.06. The third kappa shape index (κ3) is 3.67. The fourth-order valence-corrected chi connectivity index (χ4v) is 1.75. The highest BCUT2D eigenvalue weighted by Gasteiger charge is 2.34. The van der Waals surface area contributed by atoms with E-state index >= 15 is 0 Å². The lowest BCUT2D eigenvalue weighted by Crippen LogP contribution is -2.46. The van der Waals surface area contributed by atoms with Crippen LogP contribution in [0.3, 0.4) is 0 Å². The van der Waals surface area contributed by atoms with Crippen molar-refractivity contribution in [1.82, 2.24) is 10.2 Å². The second-order valence-electron chi connectivity index (χ2n) is 4.09. The highest BCUT2D eigenvalue weighted by atomic mass is 16.2. The van der Waals surface area contributed by atoms with E-state index in [1.807, 2.05) is 6.92 Å². The molecule has 0 saturated heterocycles. The van der Waals surface area contributed by atoms with Gasteiger partial charge in [-0.25, -0.2) is 0 Å². The maximum atomic E-state index is 11.8. The van der Waals surface area contributed by atoms with Crippen molar-refractivity contribution in [3.8, 4) is 6.07 Å². The summed E-state index contributed by atoms with van der Waals surface area (Å²) in [5.41, 5.74) is 0. The number of carbonyl (C=O) groups is 1. The third-order valence-corrected chi connectivity index (χ3v) is 2.80. The predicted molar refractivity (Wildman–Crippen MR) is 62.6 cm³/mol. The molecular weight excluding hydrogens is 202 g/mol. The average Bonchev–Trinajstić information content (AvgIpc) is 3.10. The van der Waals surface area contributed by atoms with Gasteiger partial charge in [-0.3, -0.25) is 9.69 Å². The Kier molecular flexibility index (Phi) is 5.00. The summed E-state index contributed by atoms with van der Waals surface area (Å²) in [5.74, 6) is 0.0183. The van der Waals surface area contributed by atoms with Gasteiger partial charge in [0, 0.05) is 25.6 Å². The molecule has 1 fully saturated rings. The van der Waals surface area contributed by atoms with E-state index in [9.17, 15) is 4.79 Å². The van der Waals surface area contributed by atoms with Gasteiger partial charge in [0.2, 0.25) is 5.91 Å². The minimum Gasteiger partial charge on any atom is -0.351 e. The van der Waals surface area contributed by atoms with Crippen molar-refractivity contribution in [3.05, 3.63) is 12.7 Å². The highest BCUT2D eigenvalue weighted by Crippen LogP contribution is 2.28. The zero-order valence-corrected chi connectivity index (χ0v) is 9.78. The minimum atomic E-state index is -0.152. The van der Waals surface area contributed by atoms with Crippen molar-refractivity contribution in [2.75, 3.05) is 13.1 Å². The fraction of sp³-hybridized carbons (Fsp3) is 0.667. The van der Waals surface area contributed by atoms with Gasteiger partial charge in [-0.05, 0) is 19.8 Å². The van der Waals surface area contributed by atoms with Gasteiger partial charge in [0.15, 0.2) is 0 Å². The van der Waals surface area contributed by atoms with Gasteiger partial charge in [-0.1, -0.05) is 6.08 Å². The molecule has 1 rings (SSSR count). The van der Waals surface area contributed by atoms with Crippen LogP contribution in [-0.4, -0.2) is 36.0 Å². The largest absolute Gasteiger partial charge is 0.351 e. The first kappa shape index (κ1) is 12.7. The molecule has 4 nitrogen and oxygen atoms in total. The Morgan fingerprint density at radius 2 is 2.44 bits per heavy atom. The first-order valence-corrected chi connectivity index (χ1v) is 5.72. The first-order chi connectivity index (χ1) is 7.70. The van der Waals surface area contributed by atoms with Gasteiger partial charge in [-0.2, -0.15) is 5.26 Å². The van der Waals surface area contributed by atoms with Crippen LogP contribution in [0.4, 0.5) is 0 Å². The van der Waals surface area contributed by atoms with E-state index in [1.165, 1.54) is 0 Å². The normalized spacial score (nSPS) is 16.6. The number of nitrogens with zero attached hydrogens (tertiary/aromatic N) is 2. The Bertz CT molecular complexity index is 291. The molecular formula is C12H19N3O. The van der Waals surface area contributed by atoms with Gasteiger partial charge >= 0.3 is 0 Å².